The van der Waals surface area contributed by atoms with Crippen molar-refractivity contribution in [1.82, 2.24) is 9.80 Å². The molecule has 2 aromatic carbocycles. The zero-order chi connectivity index (χ0) is 26.0. The highest BCUT2D eigenvalue weighted by molar-refractivity contribution is 6.02. The smallest absolute Gasteiger partial charge is 0.244 e. The van der Waals surface area contributed by atoms with E-state index in [1.165, 1.54) is 22.4 Å². The summed E-state index contributed by atoms with van der Waals surface area (Å²) in [5.41, 5.74) is 5.15. The van der Waals surface area contributed by atoms with Crippen LogP contribution in [-0.4, -0.2) is 53.5 Å². The molecule has 2 aromatic rings. The highest BCUT2D eigenvalue weighted by Crippen LogP contribution is 2.44. The minimum atomic E-state index is -0.132. The highest BCUT2D eigenvalue weighted by Gasteiger charge is 2.46. The summed E-state index contributed by atoms with van der Waals surface area (Å²) >= 11 is 0. The van der Waals surface area contributed by atoms with Crippen LogP contribution < -0.4 is 4.90 Å². The number of hydrogen-bond acceptors (Lipinski definition) is 3. The standard InChI is InChI=1S/C25H31N3O.3C2H6/c1-25(2)17-21-10-6-9-20-11-12-22(24(29)28(25)23(20)21)27-15-13-26(14-16-27)18-19-7-4-3-5-8-19;3*1-2/h3-10,22H,11-18H2,1-2H3;3*1-2H3. The molecule has 1 atom stereocenters. The van der Waals surface area contributed by atoms with Crippen LogP contribution in [0.25, 0.3) is 0 Å². The van der Waals surface area contributed by atoms with E-state index < -0.39 is 0 Å². The second-order valence-corrected chi connectivity index (χ2v) is 9.44. The number of hydrogen-bond donors (Lipinski definition) is 0. The van der Waals surface area contributed by atoms with Gasteiger partial charge < -0.3 is 4.90 Å². The molecule has 0 bridgehead atoms. The fourth-order valence-electron chi connectivity index (χ4n) is 5.51. The molecule has 3 aliphatic heterocycles. The molecule has 3 aliphatic rings. The van der Waals surface area contributed by atoms with Crippen LogP contribution in [0.4, 0.5) is 5.69 Å². The second kappa shape index (κ2) is 13.8. The van der Waals surface area contributed by atoms with Crippen LogP contribution in [0.5, 0.6) is 0 Å². The second-order valence-electron chi connectivity index (χ2n) is 9.44. The number of para-hydroxylation sites is 1. The first-order chi connectivity index (χ1) is 17.0. The Morgan fingerprint density at radius 1 is 0.800 bits per heavy atom. The van der Waals surface area contributed by atoms with E-state index in [2.05, 4.69) is 77.1 Å². The summed E-state index contributed by atoms with van der Waals surface area (Å²) in [4.78, 5) is 20.8. The molecule has 35 heavy (non-hydrogen) atoms. The predicted molar refractivity (Wildman–Crippen MR) is 151 cm³/mol. The Morgan fingerprint density at radius 2 is 1.40 bits per heavy atom. The van der Waals surface area contributed by atoms with Gasteiger partial charge in [-0.25, -0.2) is 0 Å². The third-order valence-corrected chi connectivity index (χ3v) is 6.94. The Bertz CT molecular complexity index is 901. The van der Waals surface area contributed by atoms with E-state index in [4.69, 9.17) is 0 Å². The molecule has 4 heteroatoms. The molecule has 0 aliphatic carbocycles. The van der Waals surface area contributed by atoms with Gasteiger partial charge >= 0.3 is 0 Å². The molecule has 5 rings (SSSR count). The van der Waals surface area contributed by atoms with Gasteiger partial charge in [-0.1, -0.05) is 90.1 Å². The van der Waals surface area contributed by atoms with Gasteiger partial charge in [-0.3, -0.25) is 14.6 Å². The zero-order valence-electron chi connectivity index (χ0n) is 23.6. The third kappa shape index (κ3) is 6.54. The van der Waals surface area contributed by atoms with Crippen molar-refractivity contribution in [2.75, 3.05) is 31.1 Å². The largest absolute Gasteiger partial charge is 0.305 e. The van der Waals surface area contributed by atoms with Gasteiger partial charge in [-0.2, -0.15) is 0 Å². The number of carbonyl (C=O) groups excluding carboxylic acids is 1. The summed E-state index contributed by atoms with van der Waals surface area (Å²) in [5.74, 6) is 0.315. The first kappa shape index (κ1) is 29.1. The predicted octanol–water partition coefficient (Wildman–Crippen LogP) is 6.57. The topological polar surface area (TPSA) is 26.8 Å². The van der Waals surface area contributed by atoms with Crippen molar-refractivity contribution in [1.29, 1.82) is 0 Å². The maximum Gasteiger partial charge on any atom is 0.244 e. The Hall–Kier alpha value is -2.17. The number of carbonyl (C=O) groups is 1. The van der Waals surface area contributed by atoms with Gasteiger partial charge in [0.15, 0.2) is 0 Å². The van der Waals surface area contributed by atoms with Crippen LogP contribution in [0.3, 0.4) is 0 Å². The first-order valence-corrected chi connectivity index (χ1v) is 14.0. The van der Waals surface area contributed by atoms with Gasteiger partial charge in [0, 0.05) is 38.3 Å². The van der Waals surface area contributed by atoms with Crippen molar-refractivity contribution in [3.05, 3.63) is 65.2 Å². The van der Waals surface area contributed by atoms with Crippen molar-refractivity contribution < 1.29 is 4.79 Å². The van der Waals surface area contributed by atoms with Crippen molar-refractivity contribution in [2.24, 2.45) is 0 Å². The van der Waals surface area contributed by atoms with E-state index in [1.807, 2.05) is 41.5 Å². The van der Waals surface area contributed by atoms with Gasteiger partial charge in [0.1, 0.15) is 0 Å². The number of benzene rings is 2. The number of rotatable bonds is 3. The van der Waals surface area contributed by atoms with Crippen molar-refractivity contribution >= 4 is 11.6 Å². The van der Waals surface area contributed by atoms with Crippen LogP contribution in [-0.2, 0) is 24.2 Å². The number of nitrogens with zero attached hydrogens (tertiary/aromatic N) is 3. The normalized spacial score (nSPS) is 20.7. The van der Waals surface area contributed by atoms with E-state index in [1.54, 1.807) is 0 Å². The van der Waals surface area contributed by atoms with Crippen LogP contribution in [0.15, 0.2) is 48.5 Å². The summed E-state index contributed by atoms with van der Waals surface area (Å²) in [5, 5.41) is 0. The number of anilines is 1. The van der Waals surface area contributed by atoms with Gasteiger partial charge in [0.05, 0.1) is 11.7 Å². The summed E-state index contributed by atoms with van der Waals surface area (Å²) in [6.07, 6.45) is 2.89. The van der Waals surface area contributed by atoms with E-state index in [0.717, 1.165) is 52.0 Å². The molecular formula is C31H49N3O. The average molecular weight is 480 g/mol. The lowest BCUT2D eigenvalue weighted by Crippen LogP contribution is -2.58. The van der Waals surface area contributed by atoms with Crippen molar-refractivity contribution in [2.45, 2.75) is 92.8 Å². The minimum absolute atomic E-state index is 0.00602. The van der Waals surface area contributed by atoms with Gasteiger partial charge in [-0.15, -0.1) is 0 Å². The number of piperazine rings is 1. The van der Waals surface area contributed by atoms with E-state index >= 15 is 0 Å². The molecule has 0 radical (unpaired) electrons. The molecule has 0 aromatic heterocycles. The molecule has 1 unspecified atom stereocenters. The van der Waals surface area contributed by atoms with Gasteiger partial charge in [0.2, 0.25) is 5.91 Å². The van der Waals surface area contributed by atoms with E-state index in [9.17, 15) is 4.79 Å². The lowest BCUT2D eigenvalue weighted by Gasteiger charge is -2.41. The average Bonchev–Trinajstić information content (AvgIpc) is 3.09. The van der Waals surface area contributed by atoms with Crippen LogP contribution in [0, 0.1) is 0 Å². The Labute approximate surface area is 215 Å². The van der Waals surface area contributed by atoms with Crippen LogP contribution in [0.2, 0.25) is 0 Å². The molecule has 0 spiro atoms. The van der Waals surface area contributed by atoms with E-state index in [-0.39, 0.29) is 11.6 Å². The lowest BCUT2D eigenvalue weighted by atomic mass is 9.96. The Kier molecular flexibility index (Phi) is 11.5. The summed E-state index contributed by atoms with van der Waals surface area (Å²) in [6, 6.07) is 17.3. The molecule has 0 N–H and O–H groups in total. The Morgan fingerprint density at radius 3 is 2.03 bits per heavy atom. The molecular weight excluding hydrogens is 430 g/mol. The molecule has 0 saturated carbocycles. The summed E-state index contributed by atoms with van der Waals surface area (Å²) < 4.78 is 0. The fraction of sp³-hybridized carbons (Fsp3) is 0.581. The van der Waals surface area contributed by atoms with Gasteiger partial charge in [-0.05, 0) is 49.8 Å². The summed E-state index contributed by atoms with van der Waals surface area (Å²) in [6.45, 7) is 21.4. The van der Waals surface area contributed by atoms with Crippen molar-refractivity contribution in [3.63, 3.8) is 0 Å². The SMILES string of the molecule is CC.CC.CC.CC1(C)Cc2cccc3c2N1C(=O)C(N1CCN(Cc2ccccc2)CC1)CC3. The third-order valence-electron chi connectivity index (χ3n) is 6.94. The maximum absolute atomic E-state index is 13.7. The lowest BCUT2D eigenvalue weighted by molar-refractivity contribution is -0.125. The zero-order valence-corrected chi connectivity index (χ0v) is 23.6. The molecule has 194 valence electrons. The maximum atomic E-state index is 13.7. The first-order valence-electron chi connectivity index (χ1n) is 14.0. The van der Waals surface area contributed by atoms with Crippen LogP contribution in [0.1, 0.15) is 78.5 Å². The quantitative estimate of drug-likeness (QED) is 0.498. The fourth-order valence-corrected chi connectivity index (χ4v) is 5.51. The van der Waals surface area contributed by atoms with E-state index in [0.29, 0.717) is 5.91 Å². The molecule has 1 saturated heterocycles. The van der Waals surface area contributed by atoms with Gasteiger partial charge in [0.25, 0.3) is 0 Å². The molecule has 1 fully saturated rings. The highest BCUT2D eigenvalue weighted by atomic mass is 16.2. The van der Waals surface area contributed by atoms with Crippen molar-refractivity contribution in [3.8, 4) is 0 Å². The Balaban J connectivity index is 0.000000671. The monoisotopic (exact) mass is 479 g/mol. The molecule has 3 heterocycles. The number of aryl methyl sites for hydroxylation is 1. The van der Waals surface area contributed by atoms with Crippen LogP contribution >= 0.6 is 0 Å². The molecule has 1 amide bonds. The molecule has 4 nitrogen and oxygen atoms in total. The summed E-state index contributed by atoms with van der Waals surface area (Å²) in [7, 11) is 0. The minimum Gasteiger partial charge on any atom is -0.305 e. The number of amides is 1.